The second-order valence-electron chi connectivity index (χ2n) is 3.87. The summed E-state index contributed by atoms with van der Waals surface area (Å²) in [5, 5.41) is 18.1. The third-order valence-electron chi connectivity index (χ3n) is 2.66. The van der Waals surface area contributed by atoms with E-state index in [9.17, 15) is 18.7 Å². The van der Waals surface area contributed by atoms with Gasteiger partial charge in [0.1, 0.15) is 11.9 Å². The van der Waals surface area contributed by atoms with Crippen molar-refractivity contribution in [1.29, 1.82) is 0 Å². The summed E-state index contributed by atoms with van der Waals surface area (Å²) in [6, 6.07) is 1.15. The number of nitrogens with zero attached hydrogens (tertiary/aromatic N) is 2. The first-order valence-corrected chi connectivity index (χ1v) is 5.04. The average Bonchev–Trinajstić information content (AvgIpc) is 2.52. The van der Waals surface area contributed by atoms with E-state index < -0.39 is 36.7 Å². The van der Waals surface area contributed by atoms with Crippen LogP contribution in [0, 0.1) is 0 Å². The van der Waals surface area contributed by atoms with Crippen LogP contribution >= 0.6 is 0 Å². The number of nitrogen functional groups attached to an aromatic ring is 1. The summed E-state index contributed by atoms with van der Waals surface area (Å²) < 4.78 is 32.7. The Balaban J connectivity index is 0.00000180. The van der Waals surface area contributed by atoms with Crippen LogP contribution in [0.4, 0.5) is 14.6 Å². The Morgan fingerprint density at radius 1 is 1.50 bits per heavy atom. The fourth-order valence-electron chi connectivity index (χ4n) is 1.72. The number of aliphatic hydroxyl groups is 2. The number of rotatable bonds is 2. The molecule has 1 fully saturated rings. The van der Waals surface area contributed by atoms with Gasteiger partial charge in [-0.15, -0.1) is 0 Å². The molecule has 104 valence electrons. The van der Waals surface area contributed by atoms with Crippen molar-refractivity contribution < 1.29 is 23.7 Å². The van der Waals surface area contributed by atoms with Crippen LogP contribution in [0.1, 0.15) is 6.23 Å². The number of anilines is 1. The zero-order chi connectivity index (χ0) is 13.5. The molecule has 1 saturated heterocycles. The van der Waals surface area contributed by atoms with E-state index in [2.05, 4.69) is 4.98 Å². The molecular weight excluding hydrogens is 298 g/mol. The average molecular weight is 311 g/mol. The van der Waals surface area contributed by atoms with E-state index >= 15 is 0 Å². The quantitative estimate of drug-likeness (QED) is 0.517. The summed E-state index contributed by atoms with van der Waals surface area (Å²) in [6.45, 7) is -0.787. The molecule has 0 spiro atoms. The van der Waals surface area contributed by atoms with Gasteiger partial charge in [-0.1, -0.05) is 0 Å². The number of hydrogen-bond acceptors (Lipinski definition) is 6. The topological polar surface area (TPSA) is 111 Å². The molecule has 0 aliphatic carbocycles. The number of hydrogen-bond donors (Lipinski definition) is 3. The first kappa shape index (κ1) is 20.4. The van der Waals surface area contributed by atoms with Gasteiger partial charge in [0.05, 0.1) is 6.61 Å². The van der Waals surface area contributed by atoms with Gasteiger partial charge < -0.3 is 20.7 Å². The molecule has 1 aliphatic heterocycles. The van der Waals surface area contributed by atoms with Gasteiger partial charge in [-0.3, -0.25) is 4.57 Å². The fraction of sp³-hybridized carbons (Fsp3) is 0.556. The molecule has 0 saturated carbocycles. The molecule has 0 radical (unpaired) electrons. The molecule has 1 aliphatic rings. The molecule has 0 bridgehead atoms. The molecule has 0 unspecified atom stereocenters. The van der Waals surface area contributed by atoms with E-state index in [0.29, 0.717) is 4.57 Å². The van der Waals surface area contributed by atoms with Gasteiger partial charge in [-0.25, -0.2) is 4.79 Å². The second kappa shape index (κ2) is 7.61. The summed E-state index contributed by atoms with van der Waals surface area (Å²) in [5.74, 6) is -3.83. The molecular formula is C9H13F2N3Na2O4. The Hall–Kier alpha value is 0.420. The first-order chi connectivity index (χ1) is 8.37. The third kappa shape index (κ3) is 3.60. The van der Waals surface area contributed by atoms with Crippen molar-refractivity contribution in [3.05, 3.63) is 22.7 Å². The molecule has 0 amide bonds. The van der Waals surface area contributed by atoms with E-state index in [1.807, 2.05) is 0 Å². The van der Waals surface area contributed by atoms with Gasteiger partial charge in [0.15, 0.2) is 6.10 Å². The van der Waals surface area contributed by atoms with Gasteiger partial charge >= 0.3 is 70.7 Å². The third-order valence-corrected chi connectivity index (χ3v) is 2.66. The van der Waals surface area contributed by atoms with Crippen molar-refractivity contribution in [1.82, 2.24) is 9.55 Å². The summed E-state index contributed by atoms with van der Waals surface area (Å²) in [4.78, 5) is 14.7. The molecule has 3 atom stereocenters. The predicted octanol–water partition coefficient (Wildman–Crippen LogP) is -2.59. The van der Waals surface area contributed by atoms with Gasteiger partial charge in [0.2, 0.25) is 6.23 Å². The first-order valence-electron chi connectivity index (χ1n) is 5.04. The minimum atomic E-state index is -3.71. The van der Waals surface area contributed by atoms with Gasteiger partial charge in [-0.2, -0.15) is 13.8 Å². The van der Waals surface area contributed by atoms with Crippen LogP contribution in [0.3, 0.4) is 0 Å². The van der Waals surface area contributed by atoms with Crippen LogP contribution in [0.2, 0.25) is 0 Å². The van der Waals surface area contributed by atoms with Gasteiger partial charge in [0.25, 0.3) is 0 Å². The zero-order valence-corrected chi connectivity index (χ0v) is 9.03. The number of aliphatic hydroxyl groups excluding tert-OH is 2. The standard InChI is InChI=1S/C9H11F2N3O4.2Na.2H/c10-9(11)6(16)4(3-15)18-7(9)14-2-1-5(12)13-8(14)17;;;;/h1-2,4,6-7,15-16H,3H2,(H2,12,13,17);;;;/t4-,6-,7-;;;;/m1..../s1. The second-order valence-corrected chi connectivity index (χ2v) is 3.87. The van der Waals surface area contributed by atoms with Crippen molar-refractivity contribution in [2.45, 2.75) is 24.4 Å². The van der Waals surface area contributed by atoms with Crippen LogP contribution in [0.15, 0.2) is 17.1 Å². The maximum atomic E-state index is 13.7. The normalized spacial score (nSPS) is 27.5. The van der Waals surface area contributed by atoms with Crippen molar-refractivity contribution >= 4 is 64.9 Å². The Labute approximate surface area is 156 Å². The molecule has 1 aromatic rings. The predicted molar refractivity (Wildman–Crippen MR) is 69.2 cm³/mol. The van der Waals surface area contributed by atoms with Crippen LogP contribution in [-0.2, 0) is 4.74 Å². The zero-order valence-electron chi connectivity index (χ0n) is 9.03. The summed E-state index contributed by atoms with van der Waals surface area (Å²) in [6.07, 6.45) is -4.69. The molecule has 1 aromatic heterocycles. The molecule has 7 nitrogen and oxygen atoms in total. The van der Waals surface area contributed by atoms with E-state index in [1.54, 1.807) is 0 Å². The molecule has 4 N–H and O–H groups in total. The minimum absolute atomic E-state index is 0. The molecule has 20 heavy (non-hydrogen) atoms. The number of halogens is 2. The van der Waals surface area contributed by atoms with E-state index in [1.165, 1.54) is 0 Å². The van der Waals surface area contributed by atoms with Crippen LogP contribution in [0.5, 0.6) is 0 Å². The molecule has 11 heteroatoms. The Kier molecular flexibility index (Phi) is 7.77. The maximum absolute atomic E-state index is 13.7. The molecule has 2 heterocycles. The summed E-state index contributed by atoms with van der Waals surface area (Å²) >= 11 is 0. The Bertz CT molecular complexity index is 516. The van der Waals surface area contributed by atoms with E-state index in [4.69, 9.17) is 15.6 Å². The fourth-order valence-corrected chi connectivity index (χ4v) is 1.72. The van der Waals surface area contributed by atoms with Crippen LogP contribution in [-0.4, -0.2) is 104 Å². The van der Waals surface area contributed by atoms with Crippen LogP contribution < -0.4 is 11.4 Å². The summed E-state index contributed by atoms with van der Waals surface area (Å²) in [7, 11) is 0. The van der Waals surface area contributed by atoms with Crippen molar-refractivity contribution in [3.8, 4) is 0 Å². The number of nitrogens with two attached hydrogens (primary N) is 1. The van der Waals surface area contributed by atoms with Crippen LogP contribution in [0.25, 0.3) is 0 Å². The van der Waals surface area contributed by atoms with Gasteiger partial charge in [-0.05, 0) is 6.07 Å². The monoisotopic (exact) mass is 311 g/mol. The van der Waals surface area contributed by atoms with Gasteiger partial charge in [0, 0.05) is 6.20 Å². The van der Waals surface area contributed by atoms with E-state index in [-0.39, 0.29) is 64.9 Å². The number of ether oxygens (including phenoxy) is 1. The summed E-state index contributed by atoms with van der Waals surface area (Å²) in [5.41, 5.74) is 4.21. The van der Waals surface area contributed by atoms with Crippen molar-refractivity contribution in [2.24, 2.45) is 0 Å². The molecule has 2 rings (SSSR count). The number of alkyl halides is 2. The Morgan fingerprint density at radius 3 is 2.55 bits per heavy atom. The van der Waals surface area contributed by atoms with Crippen molar-refractivity contribution in [3.63, 3.8) is 0 Å². The molecule has 0 aromatic carbocycles. The van der Waals surface area contributed by atoms with Crippen molar-refractivity contribution in [2.75, 3.05) is 12.3 Å². The SMILES string of the molecule is Nc1ccn([C@@H]2O[C@H](CO)[C@@H](O)C2(F)F)c(=O)n1.[NaH].[NaH]. The number of aromatic nitrogens is 2. The Morgan fingerprint density at radius 2 is 2.10 bits per heavy atom. The van der Waals surface area contributed by atoms with E-state index in [0.717, 1.165) is 12.3 Å².